The zero-order valence-corrected chi connectivity index (χ0v) is 17.2. The third-order valence-electron chi connectivity index (χ3n) is 4.38. The number of fused-ring (bicyclic) bond motifs is 1. The molecule has 3 aromatic rings. The lowest BCUT2D eigenvalue weighted by atomic mass is 10.1. The van der Waals surface area contributed by atoms with E-state index in [1.54, 1.807) is 35.7 Å². The number of amides is 1. The smallest absolute Gasteiger partial charge is 0.266 e. The van der Waals surface area contributed by atoms with Gasteiger partial charge in [-0.05, 0) is 26.0 Å². The van der Waals surface area contributed by atoms with Crippen molar-refractivity contribution in [3.05, 3.63) is 57.6 Å². The molecule has 29 heavy (non-hydrogen) atoms. The monoisotopic (exact) mass is 418 g/mol. The molecule has 0 aliphatic rings. The van der Waals surface area contributed by atoms with Crippen LogP contribution in [0.4, 0.5) is 5.69 Å². The molecular weight excluding hydrogens is 396 g/mol. The van der Waals surface area contributed by atoms with Gasteiger partial charge in [0.25, 0.3) is 5.56 Å². The van der Waals surface area contributed by atoms with Crippen LogP contribution < -0.4 is 15.6 Å². The highest BCUT2D eigenvalue weighted by Gasteiger charge is 2.14. The maximum Gasteiger partial charge on any atom is 0.266 e. The fourth-order valence-electron chi connectivity index (χ4n) is 2.95. The van der Waals surface area contributed by atoms with E-state index in [-0.39, 0.29) is 30.2 Å². The summed E-state index contributed by atoms with van der Waals surface area (Å²) in [6.07, 6.45) is 1.23. The van der Waals surface area contributed by atoms with E-state index in [4.69, 9.17) is 4.74 Å². The summed E-state index contributed by atoms with van der Waals surface area (Å²) in [7, 11) is -3.11. The summed E-state index contributed by atoms with van der Waals surface area (Å²) < 4.78 is 29.4. The summed E-state index contributed by atoms with van der Waals surface area (Å²) in [5.41, 5.74) is 2.92. The molecule has 3 rings (SSSR count). The number of hydrogen-bond acceptors (Lipinski definition) is 6. The first-order valence-corrected chi connectivity index (χ1v) is 11.0. The van der Waals surface area contributed by atoms with E-state index in [9.17, 15) is 18.0 Å². The Morgan fingerprint density at radius 3 is 2.76 bits per heavy atom. The first-order valence-electron chi connectivity index (χ1n) is 8.91. The van der Waals surface area contributed by atoms with Crippen molar-refractivity contribution in [3.63, 3.8) is 0 Å². The average Bonchev–Trinajstić information content (AvgIpc) is 2.98. The zero-order valence-electron chi connectivity index (χ0n) is 16.4. The average molecular weight is 418 g/mol. The number of carbonyl (C=O) groups excluding carboxylic acids is 1. The van der Waals surface area contributed by atoms with Gasteiger partial charge in [-0.2, -0.15) is 0 Å². The van der Waals surface area contributed by atoms with Gasteiger partial charge in [0.05, 0.1) is 12.2 Å². The molecule has 0 atom stereocenters. The van der Waals surface area contributed by atoms with Crippen molar-refractivity contribution in [2.75, 3.05) is 23.9 Å². The van der Waals surface area contributed by atoms with Gasteiger partial charge in [-0.1, -0.05) is 6.07 Å². The Morgan fingerprint density at radius 1 is 1.28 bits per heavy atom. The second kappa shape index (κ2) is 8.08. The predicted molar refractivity (Wildman–Crippen MR) is 109 cm³/mol. The minimum atomic E-state index is -3.11. The van der Waals surface area contributed by atoms with Gasteiger partial charge in [0.2, 0.25) is 5.91 Å². The molecule has 0 unspecified atom stereocenters. The van der Waals surface area contributed by atoms with Gasteiger partial charge >= 0.3 is 0 Å². The number of aromatic amines is 1. The van der Waals surface area contributed by atoms with Crippen molar-refractivity contribution >= 4 is 27.1 Å². The highest BCUT2D eigenvalue weighted by molar-refractivity contribution is 7.90. The lowest BCUT2D eigenvalue weighted by Gasteiger charge is -2.12. The minimum absolute atomic E-state index is 0.0371. The van der Waals surface area contributed by atoms with Crippen LogP contribution in [0.3, 0.4) is 0 Å². The third kappa shape index (κ3) is 5.23. The Kier molecular flexibility index (Phi) is 5.73. The van der Waals surface area contributed by atoms with Crippen molar-refractivity contribution in [2.45, 2.75) is 20.3 Å². The topological polar surface area (TPSA) is 123 Å². The van der Waals surface area contributed by atoms with E-state index in [2.05, 4.69) is 15.4 Å². The molecule has 0 saturated heterocycles. The molecule has 9 nitrogen and oxygen atoms in total. The van der Waals surface area contributed by atoms with Gasteiger partial charge in [0, 0.05) is 41.0 Å². The van der Waals surface area contributed by atoms with E-state index >= 15 is 0 Å². The number of anilines is 1. The van der Waals surface area contributed by atoms with E-state index in [1.807, 2.05) is 6.92 Å². The van der Waals surface area contributed by atoms with Crippen molar-refractivity contribution < 1.29 is 17.9 Å². The van der Waals surface area contributed by atoms with Gasteiger partial charge in [0.15, 0.2) is 15.5 Å². The van der Waals surface area contributed by atoms with Crippen molar-refractivity contribution in [1.82, 2.24) is 14.6 Å². The van der Waals surface area contributed by atoms with Crippen molar-refractivity contribution in [2.24, 2.45) is 0 Å². The molecule has 0 radical (unpaired) electrons. The van der Waals surface area contributed by atoms with E-state index in [0.717, 1.165) is 17.5 Å². The Labute approximate surface area is 167 Å². The van der Waals surface area contributed by atoms with Crippen LogP contribution in [0.1, 0.15) is 17.0 Å². The van der Waals surface area contributed by atoms with Crippen molar-refractivity contribution in [1.29, 1.82) is 0 Å². The van der Waals surface area contributed by atoms with Gasteiger partial charge < -0.3 is 10.1 Å². The first kappa shape index (κ1) is 20.6. The van der Waals surface area contributed by atoms with Crippen LogP contribution in [-0.2, 0) is 21.1 Å². The van der Waals surface area contributed by atoms with Gasteiger partial charge in [-0.25, -0.2) is 17.9 Å². The molecule has 2 heterocycles. The number of sulfone groups is 1. The van der Waals surface area contributed by atoms with Crippen LogP contribution in [0.25, 0.3) is 5.65 Å². The van der Waals surface area contributed by atoms with E-state index < -0.39 is 9.84 Å². The second-order valence-corrected chi connectivity index (χ2v) is 9.07. The summed E-state index contributed by atoms with van der Waals surface area (Å²) >= 11 is 0. The number of nitrogens with one attached hydrogen (secondary N) is 2. The normalized spacial score (nSPS) is 11.6. The highest BCUT2D eigenvalue weighted by Crippen LogP contribution is 2.19. The summed E-state index contributed by atoms with van der Waals surface area (Å²) in [4.78, 5) is 28.5. The molecule has 0 aliphatic heterocycles. The number of aromatic nitrogens is 3. The predicted octanol–water partition coefficient (Wildman–Crippen LogP) is 1.24. The van der Waals surface area contributed by atoms with E-state index in [0.29, 0.717) is 22.8 Å². The van der Waals surface area contributed by atoms with Crippen LogP contribution in [-0.4, -0.2) is 47.5 Å². The SMILES string of the molecule is Cc1nc2cc(=O)[nH]n2c(C)c1CC(=O)Nc1cccc(OCCS(C)(=O)=O)c1. The number of hydrogen-bond donors (Lipinski definition) is 2. The molecule has 2 aromatic heterocycles. The molecule has 0 saturated carbocycles. The van der Waals surface area contributed by atoms with Crippen LogP contribution in [0.15, 0.2) is 35.1 Å². The number of aryl methyl sites for hydroxylation is 2. The zero-order chi connectivity index (χ0) is 21.2. The highest BCUT2D eigenvalue weighted by atomic mass is 32.2. The molecule has 2 N–H and O–H groups in total. The van der Waals surface area contributed by atoms with Crippen molar-refractivity contribution in [3.8, 4) is 5.75 Å². The van der Waals surface area contributed by atoms with Crippen LogP contribution in [0.2, 0.25) is 0 Å². The van der Waals surface area contributed by atoms with Gasteiger partial charge in [0.1, 0.15) is 12.4 Å². The molecule has 10 heteroatoms. The summed E-state index contributed by atoms with van der Waals surface area (Å²) in [5.74, 6) is 0.131. The molecule has 0 bridgehead atoms. The molecule has 0 aliphatic carbocycles. The number of nitrogens with zero attached hydrogens (tertiary/aromatic N) is 2. The van der Waals surface area contributed by atoms with E-state index in [1.165, 1.54) is 6.07 Å². The van der Waals surface area contributed by atoms with Crippen LogP contribution >= 0.6 is 0 Å². The number of rotatable bonds is 7. The summed E-state index contributed by atoms with van der Waals surface area (Å²) in [6.45, 7) is 3.65. The maximum absolute atomic E-state index is 12.5. The summed E-state index contributed by atoms with van der Waals surface area (Å²) in [6, 6.07) is 8.14. The fraction of sp³-hybridized carbons (Fsp3) is 0.316. The lowest BCUT2D eigenvalue weighted by molar-refractivity contribution is -0.115. The lowest BCUT2D eigenvalue weighted by Crippen LogP contribution is -2.18. The number of ether oxygens (including phenoxy) is 1. The molecule has 1 aromatic carbocycles. The first-order chi connectivity index (χ1) is 13.6. The molecule has 0 spiro atoms. The Balaban J connectivity index is 1.70. The molecular formula is C19H22N4O5S. The van der Waals surface area contributed by atoms with Gasteiger partial charge in [-0.3, -0.25) is 14.7 Å². The number of carbonyl (C=O) groups is 1. The molecule has 1 amide bonds. The second-order valence-electron chi connectivity index (χ2n) is 6.81. The largest absolute Gasteiger partial charge is 0.492 e. The number of benzene rings is 1. The minimum Gasteiger partial charge on any atom is -0.492 e. The quantitative estimate of drug-likeness (QED) is 0.595. The summed E-state index contributed by atoms with van der Waals surface area (Å²) in [5, 5.41) is 5.46. The molecule has 154 valence electrons. The Hall–Kier alpha value is -3.14. The standard InChI is InChI=1S/C19H22N4O5S/c1-12-16(13(2)23-17(20-12)11-19(25)22-23)10-18(24)21-14-5-4-6-15(9-14)28-7-8-29(3,26)27/h4-6,9,11H,7-8,10H2,1-3H3,(H,21,24)(H,22,25). The maximum atomic E-state index is 12.5. The third-order valence-corrected chi connectivity index (χ3v) is 5.29. The van der Waals surface area contributed by atoms with Crippen LogP contribution in [0, 0.1) is 13.8 Å². The Morgan fingerprint density at radius 2 is 2.03 bits per heavy atom. The molecule has 0 fully saturated rings. The Bertz CT molecular complexity index is 1230. The van der Waals surface area contributed by atoms with Crippen LogP contribution in [0.5, 0.6) is 5.75 Å². The fourth-order valence-corrected chi connectivity index (χ4v) is 3.34. The number of H-pyrrole nitrogens is 1. The van der Waals surface area contributed by atoms with Gasteiger partial charge in [-0.15, -0.1) is 0 Å².